The number of nitrogens with zero attached hydrogens (tertiary/aromatic N) is 1. The fourth-order valence-electron chi connectivity index (χ4n) is 1.81. The first kappa shape index (κ1) is 14.0. The molecule has 0 saturated carbocycles. The molecule has 0 aliphatic rings. The van der Waals surface area contributed by atoms with Crippen molar-refractivity contribution in [2.24, 2.45) is 7.05 Å². The second-order valence-electron chi connectivity index (χ2n) is 3.91. The van der Waals surface area contributed by atoms with Gasteiger partial charge < -0.3 is 9.67 Å². The van der Waals surface area contributed by atoms with Gasteiger partial charge in [0.1, 0.15) is 5.69 Å². The van der Waals surface area contributed by atoms with Gasteiger partial charge in [-0.2, -0.15) is 0 Å². The van der Waals surface area contributed by atoms with Crippen molar-refractivity contribution < 1.29 is 31.9 Å². The van der Waals surface area contributed by atoms with Gasteiger partial charge in [-0.1, -0.05) is 0 Å². The van der Waals surface area contributed by atoms with E-state index >= 15 is 0 Å². The number of rotatable bonds is 2. The molecular weight excluding hydrogens is 285 g/mol. The molecule has 0 unspecified atom stereocenters. The largest absolute Gasteiger partial charge is 0.477 e. The van der Waals surface area contributed by atoms with Gasteiger partial charge >= 0.3 is 5.97 Å². The Balaban J connectivity index is 2.80. The molecule has 1 aromatic heterocycles. The first-order valence-electron chi connectivity index (χ1n) is 5.18. The minimum absolute atomic E-state index is 0.357. The Morgan fingerprint density at radius 3 is 1.80 bits per heavy atom. The van der Waals surface area contributed by atoms with Crippen LogP contribution < -0.4 is 0 Å². The molecule has 0 radical (unpaired) electrons. The summed E-state index contributed by atoms with van der Waals surface area (Å²) in [7, 11) is 1.14. The summed E-state index contributed by atoms with van der Waals surface area (Å²) in [5, 5.41) is 8.80. The number of carboxylic acids is 1. The summed E-state index contributed by atoms with van der Waals surface area (Å²) >= 11 is 0. The van der Waals surface area contributed by atoms with Crippen LogP contribution in [0.2, 0.25) is 0 Å². The second-order valence-corrected chi connectivity index (χ2v) is 3.91. The summed E-state index contributed by atoms with van der Waals surface area (Å²) < 4.78 is 67.1. The smallest absolute Gasteiger partial charge is 0.352 e. The molecule has 1 N–H and O–H groups in total. The van der Waals surface area contributed by atoms with Gasteiger partial charge in [0.2, 0.25) is 5.82 Å². The summed E-state index contributed by atoms with van der Waals surface area (Å²) in [6.45, 7) is 0. The van der Waals surface area contributed by atoms with Gasteiger partial charge in [-0.3, -0.25) is 0 Å². The van der Waals surface area contributed by atoms with Crippen LogP contribution in [0.1, 0.15) is 10.5 Å². The molecule has 0 atom stereocenters. The number of carbonyl (C=O) groups is 1. The van der Waals surface area contributed by atoms with E-state index in [1.165, 1.54) is 0 Å². The zero-order valence-electron chi connectivity index (χ0n) is 9.85. The van der Waals surface area contributed by atoms with Crippen LogP contribution in [0.5, 0.6) is 0 Å². The van der Waals surface area contributed by atoms with E-state index in [0.717, 1.165) is 23.7 Å². The van der Waals surface area contributed by atoms with Gasteiger partial charge in [-0.05, 0) is 12.1 Å². The first-order chi connectivity index (χ1) is 9.27. The number of benzene rings is 1. The van der Waals surface area contributed by atoms with Crippen molar-refractivity contribution in [1.82, 2.24) is 4.57 Å². The van der Waals surface area contributed by atoms with E-state index < -0.39 is 46.3 Å². The van der Waals surface area contributed by atoms with Crippen molar-refractivity contribution in [1.29, 1.82) is 0 Å². The molecule has 106 valence electrons. The molecule has 0 spiro atoms. The van der Waals surface area contributed by atoms with Gasteiger partial charge in [0.25, 0.3) is 0 Å². The number of hydrogen-bond donors (Lipinski definition) is 1. The van der Waals surface area contributed by atoms with E-state index in [2.05, 4.69) is 0 Å². The Morgan fingerprint density at radius 1 is 0.950 bits per heavy atom. The van der Waals surface area contributed by atoms with Crippen LogP contribution in [0.4, 0.5) is 22.0 Å². The van der Waals surface area contributed by atoms with E-state index in [-0.39, 0.29) is 5.69 Å². The first-order valence-corrected chi connectivity index (χ1v) is 5.18. The van der Waals surface area contributed by atoms with E-state index in [4.69, 9.17) is 5.11 Å². The highest BCUT2D eigenvalue weighted by Crippen LogP contribution is 2.32. The minimum atomic E-state index is -2.27. The number of halogens is 5. The molecule has 0 aliphatic carbocycles. The number of aromatic carboxylic acids is 1. The van der Waals surface area contributed by atoms with Crippen LogP contribution in [0.25, 0.3) is 11.3 Å². The SMILES string of the molecule is Cn1c(C(=O)O)ccc1-c1c(F)c(F)c(F)c(F)c1F. The third-order valence-electron chi connectivity index (χ3n) is 2.81. The second kappa shape index (κ2) is 4.62. The molecule has 0 amide bonds. The maximum atomic E-state index is 13.6. The molecule has 0 fully saturated rings. The zero-order valence-corrected chi connectivity index (χ0v) is 9.85. The highest BCUT2D eigenvalue weighted by atomic mass is 19.2. The fourth-order valence-corrected chi connectivity index (χ4v) is 1.81. The third kappa shape index (κ3) is 1.84. The Morgan fingerprint density at radius 2 is 1.40 bits per heavy atom. The number of aromatic nitrogens is 1. The normalized spacial score (nSPS) is 10.9. The van der Waals surface area contributed by atoms with Gasteiger partial charge in [-0.25, -0.2) is 26.7 Å². The molecule has 2 aromatic rings. The highest BCUT2D eigenvalue weighted by Gasteiger charge is 2.28. The lowest BCUT2D eigenvalue weighted by molar-refractivity contribution is 0.0686. The third-order valence-corrected chi connectivity index (χ3v) is 2.81. The lowest BCUT2D eigenvalue weighted by Crippen LogP contribution is -2.09. The average Bonchev–Trinajstić information content (AvgIpc) is 2.77. The van der Waals surface area contributed by atoms with Crippen molar-refractivity contribution >= 4 is 5.97 Å². The number of carboxylic acid groups (broad SMARTS) is 1. The fraction of sp³-hybridized carbons (Fsp3) is 0.0833. The van der Waals surface area contributed by atoms with E-state index in [1.54, 1.807) is 0 Å². The Bertz CT molecular complexity index is 694. The van der Waals surface area contributed by atoms with Gasteiger partial charge in [0, 0.05) is 7.05 Å². The molecule has 8 heteroatoms. The van der Waals surface area contributed by atoms with Crippen molar-refractivity contribution in [3.8, 4) is 11.3 Å². The standard InChI is InChI=1S/C12H6F5NO2/c1-18-4(2-3-5(18)12(19)20)6-7(13)9(15)11(17)10(16)8(6)14/h2-3H,1H3,(H,19,20). The van der Waals surface area contributed by atoms with Crippen molar-refractivity contribution in [2.75, 3.05) is 0 Å². The maximum absolute atomic E-state index is 13.6. The van der Waals surface area contributed by atoms with Crippen LogP contribution in [0.3, 0.4) is 0 Å². The van der Waals surface area contributed by atoms with Crippen LogP contribution in [-0.4, -0.2) is 15.6 Å². The van der Waals surface area contributed by atoms with Crippen LogP contribution in [-0.2, 0) is 7.05 Å². The predicted molar refractivity (Wildman–Crippen MR) is 57.6 cm³/mol. The van der Waals surface area contributed by atoms with E-state index in [9.17, 15) is 26.7 Å². The van der Waals surface area contributed by atoms with E-state index in [1.807, 2.05) is 0 Å². The summed E-state index contributed by atoms with van der Waals surface area (Å²) in [6.07, 6.45) is 0. The Kier molecular flexibility index (Phi) is 3.24. The minimum Gasteiger partial charge on any atom is -0.477 e. The summed E-state index contributed by atoms with van der Waals surface area (Å²) in [6, 6.07) is 1.96. The summed E-state index contributed by atoms with van der Waals surface area (Å²) in [4.78, 5) is 10.8. The molecule has 1 heterocycles. The van der Waals surface area contributed by atoms with Gasteiger partial charge in [0.05, 0.1) is 11.3 Å². The zero-order chi connectivity index (χ0) is 15.2. The van der Waals surface area contributed by atoms with Gasteiger partial charge in [0.15, 0.2) is 23.3 Å². The Hall–Kier alpha value is -2.38. The lowest BCUT2D eigenvalue weighted by Gasteiger charge is -2.10. The van der Waals surface area contributed by atoms with Crippen molar-refractivity contribution in [3.05, 3.63) is 46.9 Å². The van der Waals surface area contributed by atoms with Crippen LogP contribution in [0, 0.1) is 29.1 Å². The van der Waals surface area contributed by atoms with E-state index in [0.29, 0.717) is 0 Å². The molecule has 3 nitrogen and oxygen atoms in total. The topological polar surface area (TPSA) is 42.2 Å². The van der Waals surface area contributed by atoms with Crippen molar-refractivity contribution in [2.45, 2.75) is 0 Å². The van der Waals surface area contributed by atoms with Crippen molar-refractivity contribution in [3.63, 3.8) is 0 Å². The molecule has 2 rings (SSSR count). The van der Waals surface area contributed by atoms with Gasteiger partial charge in [-0.15, -0.1) is 0 Å². The molecule has 1 aromatic carbocycles. The lowest BCUT2D eigenvalue weighted by atomic mass is 10.1. The monoisotopic (exact) mass is 291 g/mol. The highest BCUT2D eigenvalue weighted by molar-refractivity contribution is 5.87. The molecular formula is C12H6F5NO2. The molecule has 0 saturated heterocycles. The van der Waals surface area contributed by atoms with Crippen LogP contribution in [0.15, 0.2) is 12.1 Å². The summed E-state index contributed by atoms with van der Waals surface area (Å²) in [5.74, 6) is -11.9. The molecule has 0 bridgehead atoms. The Labute approximate surface area is 108 Å². The quantitative estimate of drug-likeness (QED) is 0.525. The predicted octanol–water partition coefficient (Wildman–Crippen LogP) is 3.09. The van der Waals surface area contributed by atoms with Crippen LogP contribution >= 0.6 is 0 Å². The molecule has 0 aliphatic heterocycles. The number of hydrogen-bond acceptors (Lipinski definition) is 1. The summed E-state index contributed by atoms with van der Waals surface area (Å²) in [5.41, 5.74) is -1.96. The maximum Gasteiger partial charge on any atom is 0.352 e. The molecule has 20 heavy (non-hydrogen) atoms. The average molecular weight is 291 g/mol.